The molecule has 144 valence electrons. The topological polar surface area (TPSA) is 38.7 Å². The summed E-state index contributed by atoms with van der Waals surface area (Å²) in [6.07, 6.45) is 4.64. The normalized spacial score (nSPS) is 12.9. The molecule has 1 heterocycles. The number of halogens is 6. The van der Waals surface area contributed by atoms with E-state index in [0.717, 1.165) is 5.56 Å². The van der Waals surface area contributed by atoms with Crippen LogP contribution in [0.5, 0.6) is 0 Å². The van der Waals surface area contributed by atoms with Gasteiger partial charge in [0, 0.05) is 16.7 Å². The van der Waals surface area contributed by atoms with E-state index >= 15 is 0 Å². The average Bonchev–Trinajstić information content (AvgIpc) is 2.66. The molecule has 1 aromatic heterocycles. The van der Waals surface area contributed by atoms with E-state index in [1.807, 2.05) is 36.4 Å². The van der Waals surface area contributed by atoms with Crippen LogP contribution in [0.4, 0.5) is 0 Å². The zero-order valence-electron chi connectivity index (χ0n) is 14.0. The summed E-state index contributed by atoms with van der Waals surface area (Å²) in [7, 11) is 0. The highest BCUT2D eigenvalue weighted by Crippen LogP contribution is 2.50. The Morgan fingerprint density at radius 3 is 1.96 bits per heavy atom. The van der Waals surface area contributed by atoms with Gasteiger partial charge in [-0.3, -0.25) is 0 Å². The fraction of sp³-hybridized carbons (Fsp3) is 0.105. The summed E-state index contributed by atoms with van der Waals surface area (Å²) in [5.41, 5.74) is 2.50. The van der Waals surface area contributed by atoms with Gasteiger partial charge in [0.1, 0.15) is 12.7 Å². The van der Waals surface area contributed by atoms with Gasteiger partial charge < -0.3 is 0 Å². The Balaban J connectivity index is 2.35. The van der Waals surface area contributed by atoms with Gasteiger partial charge in [-0.15, -0.1) is 0 Å². The predicted octanol–water partition coefficient (Wildman–Crippen LogP) is 7.11. The van der Waals surface area contributed by atoms with Crippen LogP contribution >= 0.6 is 69.6 Å². The molecule has 3 rings (SSSR count). The molecule has 0 amide bonds. The number of hydrogen-bond donors (Lipinski definition) is 0. The Labute approximate surface area is 192 Å². The Bertz CT molecular complexity index is 980. The lowest BCUT2D eigenvalue weighted by atomic mass is 9.94. The van der Waals surface area contributed by atoms with Crippen LogP contribution in [0.1, 0.15) is 28.1 Å². The third-order valence-electron chi connectivity index (χ3n) is 3.79. The second-order valence-electron chi connectivity index (χ2n) is 5.65. The van der Waals surface area contributed by atoms with Gasteiger partial charge in [-0.25, -0.2) is 15.0 Å². The van der Waals surface area contributed by atoms with Gasteiger partial charge in [0.15, 0.2) is 5.82 Å². The first-order valence-corrected chi connectivity index (χ1v) is 10.1. The van der Waals surface area contributed by atoms with Crippen LogP contribution in [0.2, 0.25) is 0 Å². The number of nitrogens with zero attached hydrogens (tertiary/aromatic N) is 3. The lowest BCUT2D eigenvalue weighted by molar-refractivity contribution is 1.01. The van der Waals surface area contributed by atoms with Crippen LogP contribution in [0.15, 0.2) is 61.2 Å². The summed E-state index contributed by atoms with van der Waals surface area (Å²) in [4.78, 5) is 12.4. The lowest BCUT2D eigenvalue weighted by Gasteiger charge is -2.25. The minimum Gasteiger partial charge on any atom is -0.225 e. The molecule has 0 radical (unpaired) electrons. The van der Waals surface area contributed by atoms with Crippen molar-refractivity contribution < 1.29 is 0 Å². The summed E-state index contributed by atoms with van der Waals surface area (Å²) in [6.45, 7) is 0. The SMILES string of the molecule is ClC(Cl)(Cl)c1cccc(C(=Cc2ccccc2)c2ncncn2)c1C(Cl)(Cl)Cl. The number of alkyl halides is 6. The molecule has 9 heteroatoms. The van der Waals surface area contributed by atoms with E-state index in [-0.39, 0.29) is 11.1 Å². The van der Waals surface area contributed by atoms with E-state index in [2.05, 4.69) is 15.0 Å². The maximum atomic E-state index is 6.28. The van der Waals surface area contributed by atoms with Gasteiger partial charge in [0.25, 0.3) is 0 Å². The largest absolute Gasteiger partial charge is 0.225 e. The molecule has 0 spiro atoms. The van der Waals surface area contributed by atoms with Crippen molar-refractivity contribution >= 4 is 81.3 Å². The zero-order chi connectivity index (χ0) is 20.4. The summed E-state index contributed by atoms with van der Waals surface area (Å²) in [5.74, 6) is 0.385. The van der Waals surface area contributed by atoms with Crippen LogP contribution in [-0.4, -0.2) is 15.0 Å². The van der Waals surface area contributed by atoms with Crippen molar-refractivity contribution in [3.63, 3.8) is 0 Å². The molecular formula is C19H11Cl6N3. The van der Waals surface area contributed by atoms with Gasteiger partial charge in [0.2, 0.25) is 7.59 Å². The summed E-state index contributed by atoms with van der Waals surface area (Å²) in [6, 6.07) is 14.7. The van der Waals surface area contributed by atoms with Crippen molar-refractivity contribution in [3.8, 4) is 0 Å². The van der Waals surface area contributed by atoms with E-state index in [1.54, 1.807) is 18.2 Å². The fourth-order valence-electron chi connectivity index (χ4n) is 2.68. The van der Waals surface area contributed by atoms with Crippen LogP contribution < -0.4 is 0 Å². The number of hydrogen-bond acceptors (Lipinski definition) is 3. The molecule has 2 aromatic carbocycles. The molecule has 0 bridgehead atoms. The molecule has 28 heavy (non-hydrogen) atoms. The minimum atomic E-state index is -1.86. The Kier molecular flexibility index (Phi) is 6.76. The monoisotopic (exact) mass is 491 g/mol. The maximum absolute atomic E-state index is 6.28. The third kappa shape index (κ3) is 5.10. The molecule has 0 saturated heterocycles. The molecule has 3 nitrogen and oxygen atoms in total. The van der Waals surface area contributed by atoms with E-state index in [1.165, 1.54) is 12.7 Å². The standard InChI is InChI=1S/C19H11Cl6N3/c20-18(21,22)15-8-4-7-13(16(15)19(23,24)25)14(17-27-10-26-11-28-17)9-12-5-2-1-3-6-12/h1-11H. The van der Waals surface area contributed by atoms with Crippen molar-refractivity contribution in [3.05, 3.63) is 89.3 Å². The molecule has 0 aliphatic rings. The van der Waals surface area contributed by atoms with Crippen LogP contribution in [0.3, 0.4) is 0 Å². The first kappa shape index (κ1) is 21.6. The van der Waals surface area contributed by atoms with Crippen molar-refractivity contribution in [2.45, 2.75) is 7.59 Å². The molecule has 3 aromatic rings. The smallest absolute Gasteiger partial charge is 0.217 e. The summed E-state index contributed by atoms with van der Waals surface area (Å²) < 4.78 is -3.66. The van der Waals surface area contributed by atoms with Crippen molar-refractivity contribution in [2.24, 2.45) is 0 Å². The first-order chi connectivity index (χ1) is 13.2. The van der Waals surface area contributed by atoms with Crippen molar-refractivity contribution in [1.29, 1.82) is 0 Å². The second kappa shape index (κ2) is 8.74. The quantitative estimate of drug-likeness (QED) is 0.288. The van der Waals surface area contributed by atoms with E-state index < -0.39 is 7.59 Å². The van der Waals surface area contributed by atoms with Crippen molar-refractivity contribution in [1.82, 2.24) is 15.0 Å². The number of benzene rings is 2. The molecule has 0 unspecified atom stereocenters. The molecule has 0 saturated carbocycles. The van der Waals surface area contributed by atoms with Crippen LogP contribution in [0.25, 0.3) is 11.6 Å². The van der Waals surface area contributed by atoms with Gasteiger partial charge in [-0.1, -0.05) is 118 Å². The van der Waals surface area contributed by atoms with E-state index in [9.17, 15) is 0 Å². The highest BCUT2D eigenvalue weighted by atomic mass is 35.6. The highest BCUT2D eigenvalue weighted by molar-refractivity contribution is 6.69. The maximum Gasteiger partial charge on any atom is 0.217 e. The zero-order valence-corrected chi connectivity index (χ0v) is 18.5. The van der Waals surface area contributed by atoms with Crippen molar-refractivity contribution in [2.75, 3.05) is 0 Å². The molecule has 0 atom stereocenters. The highest BCUT2D eigenvalue weighted by Gasteiger charge is 2.37. The Morgan fingerprint density at radius 1 is 0.750 bits per heavy atom. The number of rotatable bonds is 3. The first-order valence-electron chi connectivity index (χ1n) is 7.85. The van der Waals surface area contributed by atoms with Gasteiger partial charge in [-0.05, 0) is 17.2 Å². The van der Waals surface area contributed by atoms with Gasteiger partial charge >= 0.3 is 0 Å². The van der Waals surface area contributed by atoms with Crippen LogP contribution in [0, 0.1) is 0 Å². The average molecular weight is 494 g/mol. The van der Waals surface area contributed by atoms with E-state index in [0.29, 0.717) is 17.0 Å². The third-order valence-corrected chi connectivity index (χ3v) is 4.97. The molecular weight excluding hydrogens is 483 g/mol. The lowest BCUT2D eigenvalue weighted by Crippen LogP contribution is -2.15. The Hall–Kier alpha value is -1.07. The number of aromatic nitrogens is 3. The Morgan fingerprint density at radius 2 is 1.39 bits per heavy atom. The van der Waals surface area contributed by atoms with Gasteiger partial charge in [-0.2, -0.15) is 0 Å². The fourth-order valence-corrected chi connectivity index (χ4v) is 3.76. The van der Waals surface area contributed by atoms with E-state index in [4.69, 9.17) is 69.6 Å². The summed E-state index contributed by atoms with van der Waals surface area (Å²) >= 11 is 37.3. The molecule has 0 fully saturated rings. The summed E-state index contributed by atoms with van der Waals surface area (Å²) in [5, 5.41) is 0. The molecule has 0 aliphatic carbocycles. The second-order valence-corrected chi connectivity index (χ2v) is 10.2. The molecule has 0 aliphatic heterocycles. The van der Waals surface area contributed by atoms with Crippen LogP contribution in [-0.2, 0) is 7.59 Å². The van der Waals surface area contributed by atoms with Gasteiger partial charge in [0.05, 0.1) is 0 Å². The minimum absolute atomic E-state index is 0.239. The molecule has 0 N–H and O–H groups in total. The predicted molar refractivity (Wildman–Crippen MR) is 118 cm³/mol.